The molecule has 140 valence electrons. The highest BCUT2D eigenvalue weighted by Crippen LogP contribution is 2.28. The van der Waals surface area contributed by atoms with Crippen molar-refractivity contribution in [3.63, 3.8) is 0 Å². The molecule has 0 unspecified atom stereocenters. The average Bonchev–Trinajstić information content (AvgIpc) is 3.38. The fourth-order valence-electron chi connectivity index (χ4n) is 2.65. The third-order valence-electron chi connectivity index (χ3n) is 4.14. The molecule has 0 radical (unpaired) electrons. The highest BCUT2D eigenvalue weighted by molar-refractivity contribution is 7.15. The molecule has 4 rings (SSSR count). The molecule has 0 bridgehead atoms. The van der Waals surface area contributed by atoms with Crippen molar-refractivity contribution in [3.8, 4) is 16.3 Å². The summed E-state index contributed by atoms with van der Waals surface area (Å²) in [4.78, 5) is 17.7. The lowest BCUT2D eigenvalue weighted by atomic mass is 10.2. The topological polar surface area (TPSA) is 64.4 Å². The summed E-state index contributed by atoms with van der Waals surface area (Å²) < 4.78 is 11.0. The van der Waals surface area contributed by atoms with E-state index in [1.807, 2.05) is 37.3 Å². The Bertz CT molecular complexity index is 1060. The number of aromatic nitrogens is 1. The number of hydrogen-bond acceptors (Lipinski definition) is 5. The normalized spacial score (nSPS) is 10.6. The summed E-state index contributed by atoms with van der Waals surface area (Å²) in [6.45, 7) is 2.45. The molecule has 1 N–H and O–H groups in total. The zero-order valence-electron chi connectivity index (χ0n) is 15.2. The van der Waals surface area contributed by atoms with Crippen LogP contribution in [0.1, 0.15) is 21.1 Å². The number of anilines is 1. The Labute approximate surface area is 166 Å². The van der Waals surface area contributed by atoms with Gasteiger partial charge in [0, 0.05) is 11.3 Å². The standard InChI is InChI=1S/C22H18N2O3S/c1-15-20(28-22(23-15)16-6-3-2-4-7-16)14-27-18-11-9-17(10-12-18)24-21(25)19-8-5-13-26-19/h2-13H,14H2,1H3,(H,24,25). The highest BCUT2D eigenvalue weighted by Gasteiger charge is 2.11. The van der Waals surface area contributed by atoms with E-state index in [-0.39, 0.29) is 11.7 Å². The van der Waals surface area contributed by atoms with E-state index in [1.54, 1.807) is 35.6 Å². The Morgan fingerprint density at radius 1 is 1.07 bits per heavy atom. The molecule has 2 aromatic carbocycles. The number of rotatable bonds is 6. The first-order valence-corrected chi connectivity index (χ1v) is 9.60. The molecule has 5 nitrogen and oxygen atoms in total. The van der Waals surface area contributed by atoms with Crippen LogP contribution in [0.2, 0.25) is 0 Å². The number of carbonyl (C=O) groups is 1. The minimum absolute atomic E-state index is 0.273. The van der Waals surface area contributed by atoms with Gasteiger partial charge in [0.1, 0.15) is 17.4 Å². The molecule has 0 atom stereocenters. The van der Waals surface area contributed by atoms with Crippen molar-refractivity contribution in [1.29, 1.82) is 0 Å². The molecule has 1 amide bonds. The van der Waals surface area contributed by atoms with Gasteiger partial charge in [0.2, 0.25) is 0 Å². The minimum atomic E-state index is -0.285. The Morgan fingerprint density at radius 2 is 1.86 bits per heavy atom. The summed E-state index contributed by atoms with van der Waals surface area (Å²) in [6, 6.07) is 20.7. The monoisotopic (exact) mass is 390 g/mol. The van der Waals surface area contributed by atoms with E-state index in [0.717, 1.165) is 26.9 Å². The van der Waals surface area contributed by atoms with E-state index >= 15 is 0 Å². The Balaban J connectivity index is 1.38. The van der Waals surface area contributed by atoms with E-state index in [9.17, 15) is 4.79 Å². The van der Waals surface area contributed by atoms with Gasteiger partial charge in [-0.15, -0.1) is 11.3 Å². The van der Waals surface area contributed by atoms with Crippen LogP contribution in [0.15, 0.2) is 77.4 Å². The number of aryl methyl sites for hydroxylation is 1. The quantitative estimate of drug-likeness (QED) is 0.469. The van der Waals surface area contributed by atoms with E-state index in [1.165, 1.54) is 6.26 Å². The maximum atomic E-state index is 12.0. The summed E-state index contributed by atoms with van der Waals surface area (Å²) in [5.74, 6) is 0.715. The largest absolute Gasteiger partial charge is 0.488 e. The van der Waals surface area contributed by atoms with Crippen molar-refractivity contribution < 1.29 is 13.9 Å². The summed E-state index contributed by atoms with van der Waals surface area (Å²) in [5, 5.41) is 3.77. The Morgan fingerprint density at radius 3 is 2.57 bits per heavy atom. The fraction of sp³-hybridized carbons (Fsp3) is 0.0909. The summed E-state index contributed by atoms with van der Waals surface area (Å²) >= 11 is 1.64. The molecule has 4 aromatic rings. The van der Waals surface area contributed by atoms with Crippen molar-refractivity contribution in [2.24, 2.45) is 0 Å². The third kappa shape index (κ3) is 4.13. The second kappa shape index (κ2) is 8.10. The molecule has 0 saturated carbocycles. The number of thiazole rings is 1. The number of carbonyl (C=O) groups excluding carboxylic acids is 1. The van der Waals surface area contributed by atoms with E-state index < -0.39 is 0 Å². The molecule has 0 saturated heterocycles. The predicted octanol–water partition coefficient (Wildman–Crippen LogP) is 5.54. The average molecular weight is 390 g/mol. The van der Waals surface area contributed by atoms with Crippen LogP contribution in [0.4, 0.5) is 5.69 Å². The first-order chi connectivity index (χ1) is 13.7. The highest BCUT2D eigenvalue weighted by atomic mass is 32.1. The first-order valence-electron chi connectivity index (χ1n) is 8.78. The van der Waals surface area contributed by atoms with E-state index in [2.05, 4.69) is 22.4 Å². The van der Waals surface area contributed by atoms with Crippen LogP contribution >= 0.6 is 11.3 Å². The molecular weight excluding hydrogens is 372 g/mol. The van der Waals surface area contributed by atoms with Crippen LogP contribution < -0.4 is 10.1 Å². The van der Waals surface area contributed by atoms with Crippen molar-refractivity contribution in [3.05, 3.63) is 89.3 Å². The third-order valence-corrected chi connectivity index (χ3v) is 5.32. The number of hydrogen-bond donors (Lipinski definition) is 1. The molecule has 2 aromatic heterocycles. The van der Waals surface area contributed by atoms with Gasteiger partial charge in [0.25, 0.3) is 5.91 Å². The number of furan rings is 1. The number of ether oxygens (including phenoxy) is 1. The van der Waals surface area contributed by atoms with Gasteiger partial charge in [-0.1, -0.05) is 30.3 Å². The van der Waals surface area contributed by atoms with Gasteiger partial charge in [0.05, 0.1) is 16.8 Å². The zero-order valence-corrected chi connectivity index (χ0v) is 16.0. The molecular formula is C22H18N2O3S. The Kier molecular flexibility index (Phi) is 5.21. The molecule has 0 aliphatic heterocycles. The van der Waals surface area contributed by atoms with Crippen LogP contribution in [0.3, 0.4) is 0 Å². The molecule has 6 heteroatoms. The van der Waals surface area contributed by atoms with Crippen molar-refractivity contribution in [1.82, 2.24) is 4.98 Å². The summed E-state index contributed by atoms with van der Waals surface area (Å²) in [5.41, 5.74) is 2.76. The van der Waals surface area contributed by atoms with Gasteiger partial charge in [-0.2, -0.15) is 0 Å². The molecule has 0 fully saturated rings. The summed E-state index contributed by atoms with van der Waals surface area (Å²) in [7, 11) is 0. The maximum absolute atomic E-state index is 12.0. The Hall–Kier alpha value is -3.38. The summed E-state index contributed by atoms with van der Waals surface area (Å²) in [6.07, 6.45) is 1.47. The van der Waals surface area contributed by atoms with Crippen LogP contribution in [-0.2, 0) is 6.61 Å². The molecule has 28 heavy (non-hydrogen) atoms. The van der Waals surface area contributed by atoms with Gasteiger partial charge in [-0.05, 0) is 43.3 Å². The van der Waals surface area contributed by atoms with Gasteiger partial charge in [-0.25, -0.2) is 4.98 Å². The lowest BCUT2D eigenvalue weighted by molar-refractivity contribution is 0.0996. The second-order valence-corrected chi connectivity index (χ2v) is 7.22. The van der Waals surface area contributed by atoms with Crippen molar-refractivity contribution in [2.75, 3.05) is 5.32 Å². The number of amides is 1. The SMILES string of the molecule is Cc1nc(-c2ccccc2)sc1COc1ccc(NC(=O)c2ccco2)cc1. The van der Waals surface area contributed by atoms with Gasteiger partial charge in [-0.3, -0.25) is 4.79 Å². The van der Waals surface area contributed by atoms with Crippen LogP contribution in [0.25, 0.3) is 10.6 Å². The van der Waals surface area contributed by atoms with Crippen LogP contribution in [0.5, 0.6) is 5.75 Å². The van der Waals surface area contributed by atoms with Crippen LogP contribution in [-0.4, -0.2) is 10.9 Å². The zero-order chi connectivity index (χ0) is 19.3. The molecule has 0 spiro atoms. The van der Waals surface area contributed by atoms with Crippen molar-refractivity contribution in [2.45, 2.75) is 13.5 Å². The number of benzene rings is 2. The number of nitrogens with zero attached hydrogens (tertiary/aromatic N) is 1. The van der Waals surface area contributed by atoms with Gasteiger partial charge >= 0.3 is 0 Å². The first kappa shape index (κ1) is 18.0. The second-order valence-electron chi connectivity index (χ2n) is 6.14. The number of nitrogens with one attached hydrogen (secondary N) is 1. The lowest BCUT2D eigenvalue weighted by Gasteiger charge is -2.07. The molecule has 0 aliphatic rings. The maximum Gasteiger partial charge on any atom is 0.291 e. The van der Waals surface area contributed by atoms with Crippen LogP contribution in [0, 0.1) is 6.92 Å². The van der Waals surface area contributed by atoms with E-state index in [4.69, 9.17) is 9.15 Å². The predicted molar refractivity (Wildman–Crippen MR) is 110 cm³/mol. The fourth-order valence-corrected chi connectivity index (χ4v) is 3.63. The van der Waals surface area contributed by atoms with Gasteiger partial charge in [0.15, 0.2) is 5.76 Å². The smallest absolute Gasteiger partial charge is 0.291 e. The molecule has 2 heterocycles. The van der Waals surface area contributed by atoms with Gasteiger partial charge < -0.3 is 14.5 Å². The molecule has 0 aliphatic carbocycles. The lowest BCUT2D eigenvalue weighted by Crippen LogP contribution is -2.10. The minimum Gasteiger partial charge on any atom is -0.488 e. The van der Waals surface area contributed by atoms with E-state index in [0.29, 0.717) is 12.3 Å². The van der Waals surface area contributed by atoms with Crippen molar-refractivity contribution >= 4 is 22.9 Å².